The molecule has 2 aliphatic rings. The van der Waals surface area contributed by atoms with E-state index in [0.717, 1.165) is 12.1 Å². The van der Waals surface area contributed by atoms with Gasteiger partial charge in [-0.1, -0.05) is 36.4 Å². The molecule has 1 N–H and O–H groups in total. The summed E-state index contributed by atoms with van der Waals surface area (Å²) in [5.41, 5.74) is 1.31. The number of anilines is 1. The summed E-state index contributed by atoms with van der Waals surface area (Å²) >= 11 is 0. The summed E-state index contributed by atoms with van der Waals surface area (Å²) < 4.78 is 40.1. The number of ketones is 2. The van der Waals surface area contributed by atoms with Gasteiger partial charge in [-0.25, -0.2) is 12.8 Å². The minimum atomic E-state index is -3.79. The fourth-order valence-corrected chi connectivity index (χ4v) is 6.07. The van der Waals surface area contributed by atoms with E-state index in [1.54, 1.807) is 42.5 Å². The van der Waals surface area contributed by atoms with Crippen molar-refractivity contribution in [2.45, 2.75) is 17.7 Å². The molecular formula is C26H21FN2O5S. The first-order chi connectivity index (χ1) is 16.8. The van der Waals surface area contributed by atoms with Gasteiger partial charge < -0.3 is 5.32 Å². The number of nitrogens with one attached hydrogen (secondary N) is 1. The van der Waals surface area contributed by atoms with Crippen LogP contribution in [0, 0.1) is 11.7 Å². The first-order valence-electron chi connectivity index (χ1n) is 11.2. The fourth-order valence-electron chi connectivity index (χ4n) is 4.60. The molecular weight excluding hydrogens is 471 g/mol. The normalized spacial score (nSPS) is 16.5. The number of fused-ring (bicyclic) bond motifs is 2. The van der Waals surface area contributed by atoms with Crippen LogP contribution in [0.2, 0.25) is 0 Å². The highest BCUT2D eigenvalue weighted by molar-refractivity contribution is 7.89. The first-order valence-corrected chi connectivity index (χ1v) is 12.6. The predicted molar refractivity (Wildman–Crippen MR) is 126 cm³/mol. The summed E-state index contributed by atoms with van der Waals surface area (Å²) in [6.45, 7) is 0.269. The van der Waals surface area contributed by atoms with E-state index in [-0.39, 0.29) is 65.1 Å². The number of carbonyl (C=O) groups excluding carboxylic acids is 3. The number of hydrogen-bond acceptors (Lipinski definition) is 5. The van der Waals surface area contributed by atoms with Gasteiger partial charge in [-0.2, -0.15) is 4.31 Å². The van der Waals surface area contributed by atoms with Crippen LogP contribution >= 0.6 is 0 Å². The average molecular weight is 493 g/mol. The molecule has 7 nitrogen and oxygen atoms in total. The van der Waals surface area contributed by atoms with Crippen LogP contribution in [0.5, 0.6) is 0 Å². The van der Waals surface area contributed by atoms with Crippen LogP contribution in [-0.4, -0.2) is 43.3 Å². The van der Waals surface area contributed by atoms with Crippen molar-refractivity contribution in [2.75, 3.05) is 18.4 Å². The van der Waals surface area contributed by atoms with Gasteiger partial charge in [-0.05, 0) is 43.2 Å². The molecule has 3 aromatic carbocycles. The highest BCUT2D eigenvalue weighted by Crippen LogP contribution is 2.33. The molecule has 0 radical (unpaired) electrons. The Morgan fingerprint density at radius 2 is 1.43 bits per heavy atom. The van der Waals surface area contributed by atoms with E-state index < -0.39 is 21.8 Å². The second-order valence-corrected chi connectivity index (χ2v) is 10.5. The van der Waals surface area contributed by atoms with Crippen LogP contribution in [0.1, 0.15) is 44.7 Å². The van der Waals surface area contributed by atoms with E-state index in [9.17, 15) is 27.2 Å². The fraction of sp³-hybridized carbons (Fsp3) is 0.192. The highest BCUT2D eigenvalue weighted by atomic mass is 32.2. The molecule has 0 unspecified atom stereocenters. The zero-order valence-corrected chi connectivity index (χ0v) is 19.3. The Morgan fingerprint density at radius 3 is 2.09 bits per heavy atom. The van der Waals surface area contributed by atoms with Gasteiger partial charge in [0.25, 0.3) is 0 Å². The number of halogens is 1. The van der Waals surface area contributed by atoms with Crippen LogP contribution in [0.3, 0.4) is 0 Å². The molecule has 3 aromatic rings. The van der Waals surface area contributed by atoms with E-state index in [4.69, 9.17) is 0 Å². The summed E-state index contributed by atoms with van der Waals surface area (Å²) in [6, 6.07) is 16.0. The lowest BCUT2D eigenvalue weighted by Crippen LogP contribution is -2.41. The third kappa shape index (κ3) is 4.06. The molecule has 0 atom stereocenters. The van der Waals surface area contributed by atoms with Crippen molar-refractivity contribution in [1.82, 2.24) is 4.31 Å². The monoisotopic (exact) mass is 492 g/mol. The van der Waals surface area contributed by atoms with Crippen LogP contribution in [0.15, 0.2) is 71.6 Å². The Morgan fingerprint density at radius 1 is 0.829 bits per heavy atom. The topological polar surface area (TPSA) is 101 Å². The number of benzene rings is 3. The van der Waals surface area contributed by atoms with Crippen molar-refractivity contribution < 1.29 is 27.2 Å². The lowest BCUT2D eigenvalue weighted by Gasteiger charge is -2.30. The van der Waals surface area contributed by atoms with Crippen molar-refractivity contribution in [2.24, 2.45) is 5.92 Å². The van der Waals surface area contributed by atoms with Crippen LogP contribution < -0.4 is 5.32 Å². The van der Waals surface area contributed by atoms with E-state index in [1.165, 1.54) is 16.4 Å². The Kier molecular flexibility index (Phi) is 5.82. The minimum Gasteiger partial charge on any atom is -0.325 e. The smallest absolute Gasteiger partial charge is 0.243 e. The molecule has 1 aliphatic carbocycles. The van der Waals surface area contributed by atoms with E-state index in [0.29, 0.717) is 11.1 Å². The molecule has 1 saturated heterocycles. The van der Waals surface area contributed by atoms with Crippen molar-refractivity contribution in [3.05, 3.63) is 94.8 Å². The molecule has 1 amide bonds. The van der Waals surface area contributed by atoms with Crippen molar-refractivity contribution >= 4 is 33.2 Å². The van der Waals surface area contributed by atoms with Crippen molar-refractivity contribution in [3.63, 3.8) is 0 Å². The summed E-state index contributed by atoms with van der Waals surface area (Å²) in [7, 11) is -3.79. The molecule has 0 saturated carbocycles. The maximum atomic E-state index is 13.2. The van der Waals surface area contributed by atoms with Gasteiger partial charge >= 0.3 is 0 Å². The van der Waals surface area contributed by atoms with Gasteiger partial charge in [0.2, 0.25) is 15.9 Å². The number of piperidine rings is 1. The Bertz CT molecular complexity index is 1460. The number of amides is 1. The van der Waals surface area contributed by atoms with Gasteiger partial charge in [-0.15, -0.1) is 0 Å². The molecule has 178 valence electrons. The third-order valence-corrected chi connectivity index (χ3v) is 8.40. The van der Waals surface area contributed by atoms with Crippen LogP contribution in [0.4, 0.5) is 10.1 Å². The predicted octanol–water partition coefficient (Wildman–Crippen LogP) is 3.64. The second kappa shape index (κ2) is 8.83. The number of rotatable bonds is 4. The highest BCUT2D eigenvalue weighted by Gasteiger charge is 2.34. The van der Waals surface area contributed by atoms with Crippen molar-refractivity contribution in [1.29, 1.82) is 0 Å². The summed E-state index contributed by atoms with van der Waals surface area (Å²) in [6.07, 6.45) is 0.577. The summed E-state index contributed by atoms with van der Waals surface area (Å²) in [4.78, 5) is 39.1. The zero-order chi connectivity index (χ0) is 24.7. The second-order valence-electron chi connectivity index (χ2n) is 8.55. The van der Waals surface area contributed by atoms with Gasteiger partial charge in [0, 0.05) is 35.7 Å². The van der Waals surface area contributed by atoms with E-state index in [2.05, 4.69) is 5.32 Å². The zero-order valence-electron chi connectivity index (χ0n) is 18.5. The lowest BCUT2D eigenvalue weighted by molar-refractivity contribution is -0.120. The number of sulfonamides is 1. The molecule has 0 aromatic heterocycles. The van der Waals surface area contributed by atoms with Gasteiger partial charge in [0.15, 0.2) is 11.6 Å². The summed E-state index contributed by atoms with van der Waals surface area (Å²) in [5.74, 6) is -1.92. The van der Waals surface area contributed by atoms with Gasteiger partial charge in [0.1, 0.15) is 5.82 Å². The Balaban J connectivity index is 1.31. The van der Waals surface area contributed by atoms with Gasteiger partial charge in [-0.3, -0.25) is 14.4 Å². The van der Waals surface area contributed by atoms with Crippen LogP contribution in [-0.2, 0) is 14.8 Å². The lowest BCUT2D eigenvalue weighted by atomic mass is 9.83. The number of nitrogens with zero attached hydrogens (tertiary/aromatic N) is 1. The van der Waals surface area contributed by atoms with Crippen LogP contribution in [0.25, 0.3) is 0 Å². The molecule has 1 aliphatic heterocycles. The molecule has 1 fully saturated rings. The molecule has 35 heavy (non-hydrogen) atoms. The van der Waals surface area contributed by atoms with E-state index in [1.807, 2.05) is 0 Å². The van der Waals surface area contributed by atoms with Gasteiger partial charge in [0.05, 0.1) is 16.1 Å². The summed E-state index contributed by atoms with van der Waals surface area (Å²) in [5, 5.41) is 2.79. The number of hydrogen-bond donors (Lipinski definition) is 1. The largest absolute Gasteiger partial charge is 0.325 e. The molecule has 9 heteroatoms. The maximum absolute atomic E-state index is 13.2. The maximum Gasteiger partial charge on any atom is 0.243 e. The van der Waals surface area contributed by atoms with E-state index >= 15 is 0 Å². The Labute approximate surface area is 201 Å². The quantitative estimate of drug-likeness (QED) is 0.469. The molecule has 1 heterocycles. The first kappa shape index (κ1) is 23.1. The third-order valence-electron chi connectivity index (χ3n) is 6.49. The Hall–Kier alpha value is -3.69. The molecule has 0 bridgehead atoms. The molecule has 5 rings (SSSR count). The minimum absolute atomic E-state index is 0.00109. The SMILES string of the molecule is O=C1c2ccccc2C(=O)c2c(NC(=O)C3CCN(S(=O)(=O)c4ccc(F)cc4)CC3)cccc21. The molecule has 0 spiro atoms. The average Bonchev–Trinajstić information content (AvgIpc) is 2.87. The van der Waals surface area contributed by atoms with Crippen molar-refractivity contribution in [3.8, 4) is 0 Å². The standard InChI is InChI=1S/C26H21FN2O5S/c27-17-8-10-18(11-9-17)35(33,34)29-14-12-16(13-15-29)26(32)28-22-7-3-6-21-23(22)25(31)20-5-2-1-4-19(20)24(21)30/h1-11,16H,12-15H2,(H,28,32). The number of carbonyl (C=O) groups is 3.